The van der Waals surface area contributed by atoms with E-state index >= 15 is 0 Å². The molecule has 0 atom stereocenters. The monoisotopic (exact) mass is 356 g/mol. The van der Waals surface area contributed by atoms with Crippen molar-refractivity contribution in [3.05, 3.63) is 83.7 Å². The minimum Gasteiger partial charge on any atom is -0.354 e. The van der Waals surface area contributed by atoms with Crippen molar-refractivity contribution in [2.45, 2.75) is 6.92 Å². The summed E-state index contributed by atoms with van der Waals surface area (Å²) in [5, 5.41) is 14.9. The fraction of sp³-hybridized carbons (Fsp3) is 0.0476. The highest BCUT2D eigenvalue weighted by atomic mass is 16.1. The minimum absolute atomic E-state index is 0.0708. The highest BCUT2D eigenvalue weighted by Gasteiger charge is 2.09. The Morgan fingerprint density at radius 1 is 0.926 bits per heavy atom. The maximum Gasteiger partial charge on any atom is 0.257 e. The molecule has 2 N–H and O–H groups in total. The van der Waals surface area contributed by atoms with Crippen LogP contribution in [0.15, 0.2) is 67.0 Å². The zero-order chi connectivity index (χ0) is 19.2. The number of nitrogens with one attached hydrogen (secondary N) is 2. The largest absolute Gasteiger partial charge is 0.354 e. The van der Waals surface area contributed by atoms with Crippen molar-refractivity contribution in [2.24, 2.45) is 0 Å². The molecule has 0 bridgehead atoms. The van der Waals surface area contributed by atoms with Crippen LogP contribution < -0.4 is 10.6 Å². The number of nitrogens with zero attached hydrogens (tertiary/aromatic N) is 2. The van der Waals surface area contributed by atoms with Crippen LogP contribution >= 0.6 is 0 Å². The second-order valence-corrected chi connectivity index (χ2v) is 5.87. The third kappa shape index (κ3) is 4.55. The Bertz CT molecular complexity index is 1050. The Kier molecular flexibility index (Phi) is 5.24. The van der Waals surface area contributed by atoms with E-state index in [0.717, 1.165) is 5.69 Å². The molecule has 6 nitrogen and oxygen atoms in total. The second-order valence-electron chi connectivity index (χ2n) is 5.87. The van der Waals surface area contributed by atoms with Crippen molar-refractivity contribution < 1.29 is 9.59 Å². The molecule has 27 heavy (non-hydrogen) atoms. The van der Waals surface area contributed by atoms with Crippen molar-refractivity contribution in [1.29, 1.82) is 5.26 Å². The van der Waals surface area contributed by atoms with Crippen LogP contribution in [0.1, 0.15) is 33.2 Å². The number of aromatic nitrogens is 1. The fourth-order valence-corrected chi connectivity index (χ4v) is 2.48. The molecule has 0 aliphatic heterocycles. The van der Waals surface area contributed by atoms with E-state index in [1.807, 2.05) is 6.07 Å². The van der Waals surface area contributed by atoms with E-state index in [1.54, 1.807) is 54.7 Å². The second kappa shape index (κ2) is 7.93. The van der Waals surface area contributed by atoms with Gasteiger partial charge in [0, 0.05) is 23.1 Å². The number of hydrogen-bond donors (Lipinski definition) is 2. The molecule has 2 aromatic carbocycles. The maximum absolute atomic E-state index is 12.5. The maximum atomic E-state index is 12.5. The number of hydrogen-bond acceptors (Lipinski definition) is 5. The summed E-state index contributed by atoms with van der Waals surface area (Å²) >= 11 is 0. The van der Waals surface area contributed by atoms with Gasteiger partial charge in [0.2, 0.25) is 0 Å². The minimum atomic E-state index is -0.336. The number of pyridine rings is 1. The van der Waals surface area contributed by atoms with Crippen LogP contribution in [-0.4, -0.2) is 16.7 Å². The van der Waals surface area contributed by atoms with Gasteiger partial charge < -0.3 is 10.6 Å². The molecule has 3 rings (SSSR count). The first-order valence-electron chi connectivity index (χ1n) is 8.20. The van der Waals surface area contributed by atoms with Gasteiger partial charge in [0.1, 0.15) is 0 Å². The molecule has 1 heterocycles. The first-order valence-corrected chi connectivity index (χ1v) is 8.20. The van der Waals surface area contributed by atoms with Gasteiger partial charge in [-0.1, -0.05) is 18.2 Å². The zero-order valence-corrected chi connectivity index (χ0v) is 14.6. The van der Waals surface area contributed by atoms with Gasteiger partial charge in [0.15, 0.2) is 5.78 Å². The third-order valence-electron chi connectivity index (χ3n) is 3.81. The number of amides is 1. The normalized spacial score (nSPS) is 9.93. The molecular weight excluding hydrogens is 340 g/mol. The molecule has 1 amide bonds. The summed E-state index contributed by atoms with van der Waals surface area (Å²) in [7, 11) is 0. The van der Waals surface area contributed by atoms with Crippen molar-refractivity contribution >= 4 is 28.8 Å². The fourth-order valence-electron chi connectivity index (χ4n) is 2.48. The predicted octanol–water partition coefficient (Wildman–Crippen LogP) is 4.15. The summed E-state index contributed by atoms with van der Waals surface area (Å²) in [6.07, 6.45) is 3.05. The van der Waals surface area contributed by atoms with E-state index in [2.05, 4.69) is 21.7 Å². The number of nitriles is 1. The van der Waals surface area contributed by atoms with E-state index in [0.29, 0.717) is 28.1 Å². The molecule has 0 saturated heterocycles. The molecule has 132 valence electrons. The van der Waals surface area contributed by atoms with Gasteiger partial charge in [0.25, 0.3) is 5.91 Å². The van der Waals surface area contributed by atoms with Crippen LogP contribution in [-0.2, 0) is 0 Å². The molecule has 0 saturated carbocycles. The lowest BCUT2D eigenvalue weighted by molar-refractivity contribution is 0.101. The lowest BCUT2D eigenvalue weighted by Gasteiger charge is -2.09. The van der Waals surface area contributed by atoms with E-state index in [4.69, 9.17) is 5.26 Å². The van der Waals surface area contributed by atoms with Crippen molar-refractivity contribution in [3.8, 4) is 6.07 Å². The van der Waals surface area contributed by atoms with E-state index < -0.39 is 0 Å². The van der Waals surface area contributed by atoms with Crippen molar-refractivity contribution in [3.63, 3.8) is 0 Å². The van der Waals surface area contributed by atoms with Gasteiger partial charge >= 0.3 is 0 Å². The number of anilines is 3. The van der Waals surface area contributed by atoms with Gasteiger partial charge in [-0.25, -0.2) is 0 Å². The summed E-state index contributed by atoms with van der Waals surface area (Å²) in [5.74, 6) is -0.406. The first-order chi connectivity index (χ1) is 13.0. The summed E-state index contributed by atoms with van der Waals surface area (Å²) in [4.78, 5) is 28.0. The average molecular weight is 356 g/mol. The molecule has 1 aromatic heterocycles. The van der Waals surface area contributed by atoms with Gasteiger partial charge in [-0.2, -0.15) is 5.26 Å². The van der Waals surface area contributed by atoms with Gasteiger partial charge in [-0.05, 0) is 43.3 Å². The van der Waals surface area contributed by atoms with Crippen LogP contribution in [0.3, 0.4) is 0 Å². The average Bonchev–Trinajstić information content (AvgIpc) is 2.68. The van der Waals surface area contributed by atoms with Crippen LogP contribution in [0.25, 0.3) is 0 Å². The number of carbonyl (C=O) groups is 2. The van der Waals surface area contributed by atoms with Crippen LogP contribution in [0.4, 0.5) is 17.1 Å². The molecule has 0 aliphatic rings. The summed E-state index contributed by atoms with van der Waals surface area (Å²) in [5.41, 5.74) is 3.31. The van der Waals surface area contributed by atoms with Gasteiger partial charge in [0.05, 0.1) is 29.1 Å². The van der Waals surface area contributed by atoms with Crippen LogP contribution in [0.5, 0.6) is 0 Å². The standard InChI is InChI=1S/C21H16N4O2/c1-14(26)16-5-3-7-19(9-16)25-21(27)17-10-20(13-23-12-17)24-18-6-2-4-15(8-18)11-22/h2-10,12-13,24H,1H3,(H,25,27). The zero-order valence-electron chi connectivity index (χ0n) is 14.6. The molecular formula is C21H16N4O2. The lowest BCUT2D eigenvalue weighted by atomic mass is 10.1. The number of Topliss-reactive ketones (excluding diaryl/α,β-unsaturated/α-hetero) is 1. The summed E-state index contributed by atoms with van der Waals surface area (Å²) < 4.78 is 0. The van der Waals surface area contributed by atoms with Crippen LogP contribution in [0.2, 0.25) is 0 Å². The molecule has 0 unspecified atom stereocenters. The molecule has 0 aliphatic carbocycles. The van der Waals surface area contributed by atoms with E-state index in [9.17, 15) is 9.59 Å². The Labute approximate surface area is 156 Å². The summed E-state index contributed by atoms with van der Waals surface area (Å²) in [6, 6.07) is 17.5. The van der Waals surface area contributed by atoms with Gasteiger partial charge in [-0.15, -0.1) is 0 Å². The topological polar surface area (TPSA) is 94.9 Å². The lowest BCUT2D eigenvalue weighted by Crippen LogP contribution is -2.13. The van der Waals surface area contributed by atoms with E-state index in [1.165, 1.54) is 13.1 Å². The number of ketones is 1. The highest BCUT2D eigenvalue weighted by Crippen LogP contribution is 2.19. The Morgan fingerprint density at radius 2 is 1.67 bits per heavy atom. The molecule has 0 fully saturated rings. The third-order valence-corrected chi connectivity index (χ3v) is 3.81. The number of carbonyl (C=O) groups excluding carboxylic acids is 2. The van der Waals surface area contributed by atoms with Gasteiger partial charge in [-0.3, -0.25) is 14.6 Å². The van der Waals surface area contributed by atoms with Crippen molar-refractivity contribution in [2.75, 3.05) is 10.6 Å². The smallest absolute Gasteiger partial charge is 0.257 e. The highest BCUT2D eigenvalue weighted by molar-refractivity contribution is 6.05. The molecule has 0 radical (unpaired) electrons. The summed E-state index contributed by atoms with van der Waals surface area (Å²) in [6.45, 7) is 1.47. The van der Waals surface area contributed by atoms with Crippen molar-refractivity contribution in [1.82, 2.24) is 4.98 Å². The molecule has 6 heteroatoms. The quantitative estimate of drug-likeness (QED) is 0.670. The molecule has 3 aromatic rings. The van der Waals surface area contributed by atoms with E-state index in [-0.39, 0.29) is 11.7 Å². The molecule has 0 spiro atoms. The Morgan fingerprint density at radius 3 is 2.44 bits per heavy atom. The SMILES string of the molecule is CC(=O)c1cccc(NC(=O)c2cncc(Nc3cccc(C#N)c3)c2)c1. The van der Waals surface area contributed by atoms with Crippen LogP contribution in [0, 0.1) is 11.3 Å². The Hall–Kier alpha value is -3.98. The number of rotatable bonds is 5. The Balaban J connectivity index is 1.76. The first kappa shape index (κ1) is 17.8. The predicted molar refractivity (Wildman–Crippen MR) is 103 cm³/mol. The number of benzene rings is 2.